The highest BCUT2D eigenvalue weighted by molar-refractivity contribution is 5.34. The fourth-order valence-corrected chi connectivity index (χ4v) is 1.75. The van der Waals surface area contributed by atoms with E-state index in [4.69, 9.17) is 0 Å². The Hall–Kier alpha value is -1.12. The van der Waals surface area contributed by atoms with Crippen molar-refractivity contribution >= 4 is 5.82 Å². The Morgan fingerprint density at radius 1 is 1.00 bits per heavy atom. The third kappa shape index (κ3) is 2.17. The van der Waals surface area contributed by atoms with Crippen molar-refractivity contribution in [3.63, 3.8) is 0 Å². The Kier molecular flexibility index (Phi) is 2.75. The molecule has 1 aliphatic heterocycles. The lowest BCUT2D eigenvalue weighted by Crippen LogP contribution is -2.24. The lowest BCUT2D eigenvalue weighted by atomic mass is 10.2. The number of hydrogen-bond acceptors (Lipinski definition) is 3. The predicted molar refractivity (Wildman–Crippen MR) is 52.7 cm³/mol. The molecule has 1 aromatic rings. The van der Waals surface area contributed by atoms with Gasteiger partial charge in [0.05, 0.1) is 6.20 Å². The lowest BCUT2D eigenvalue weighted by Gasteiger charge is -2.20. The number of hydrogen-bond donors (Lipinski definition) is 0. The Labute approximate surface area is 78.8 Å². The lowest BCUT2D eigenvalue weighted by molar-refractivity contribution is 0.726. The summed E-state index contributed by atoms with van der Waals surface area (Å²) in [7, 11) is 0. The summed E-state index contributed by atoms with van der Waals surface area (Å²) < 4.78 is 0. The van der Waals surface area contributed by atoms with Crippen molar-refractivity contribution in [3.05, 3.63) is 18.6 Å². The van der Waals surface area contributed by atoms with E-state index >= 15 is 0 Å². The van der Waals surface area contributed by atoms with Crippen LogP contribution in [-0.2, 0) is 0 Å². The molecule has 3 nitrogen and oxygen atoms in total. The zero-order chi connectivity index (χ0) is 8.93. The smallest absolute Gasteiger partial charge is 0.147 e. The van der Waals surface area contributed by atoms with Crippen LogP contribution in [0.15, 0.2) is 18.6 Å². The van der Waals surface area contributed by atoms with E-state index in [0.717, 1.165) is 18.9 Å². The van der Waals surface area contributed by atoms with Crippen molar-refractivity contribution in [2.75, 3.05) is 18.0 Å². The van der Waals surface area contributed by atoms with Gasteiger partial charge in [-0.25, -0.2) is 4.98 Å². The van der Waals surface area contributed by atoms with Gasteiger partial charge in [0, 0.05) is 25.5 Å². The highest BCUT2D eigenvalue weighted by atomic mass is 15.2. The Bertz CT molecular complexity index is 240. The van der Waals surface area contributed by atoms with Gasteiger partial charge in [-0.15, -0.1) is 0 Å². The van der Waals surface area contributed by atoms with Crippen molar-refractivity contribution in [2.45, 2.75) is 25.7 Å². The van der Waals surface area contributed by atoms with Crippen LogP contribution in [0.1, 0.15) is 25.7 Å². The van der Waals surface area contributed by atoms with Crippen molar-refractivity contribution in [1.29, 1.82) is 0 Å². The minimum Gasteiger partial charge on any atom is -0.355 e. The predicted octanol–water partition coefficient (Wildman–Crippen LogP) is 1.86. The fraction of sp³-hybridized carbons (Fsp3) is 0.600. The molecule has 3 heteroatoms. The van der Waals surface area contributed by atoms with E-state index in [9.17, 15) is 0 Å². The van der Waals surface area contributed by atoms with Crippen LogP contribution in [-0.4, -0.2) is 23.1 Å². The first-order chi connectivity index (χ1) is 6.47. The third-order valence-electron chi connectivity index (χ3n) is 2.48. The molecule has 2 heterocycles. The Morgan fingerprint density at radius 3 is 2.38 bits per heavy atom. The first-order valence-electron chi connectivity index (χ1n) is 4.98. The van der Waals surface area contributed by atoms with Gasteiger partial charge in [0.2, 0.25) is 0 Å². The average molecular weight is 177 g/mol. The standard InChI is InChI=1S/C10H15N3/c1-2-4-8-13(7-3-1)10-9-11-5-6-12-10/h5-6,9H,1-4,7-8H2. The molecule has 1 fully saturated rings. The quantitative estimate of drug-likeness (QED) is 0.655. The molecular weight excluding hydrogens is 162 g/mol. The van der Waals surface area contributed by atoms with Gasteiger partial charge in [0.25, 0.3) is 0 Å². The highest BCUT2D eigenvalue weighted by Gasteiger charge is 2.09. The van der Waals surface area contributed by atoms with Gasteiger partial charge in [-0.3, -0.25) is 4.98 Å². The van der Waals surface area contributed by atoms with Gasteiger partial charge in [0.15, 0.2) is 0 Å². The molecule has 0 spiro atoms. The van der Waals surface area contributed by atoms with Crippen LogP contribution in [0, 0.1) is 0 Å². The molecule has 70 valence electrons. The monoisotopic (exact) mass is 177 g/mol. The topological polar surface area (TPSA) is 29.0 Å². The summed E-state index contributed by atoms with van der Waals surface area (Å²) in [6.45, 7) is 2.28. The van der Waals surface area contributed by atoms with E-state index in [2.05, 4.69) is 14.9 Å². The van der Waals surface area contributed by atoms with Gasteiger partial charge < -0.3 is 4.90 Å². The first kappa shape index (κ1) is 8.48. The maximum atomic E-state index is 4.31. The summed E-state index contributed by atoms with van der Waals surface area (Å²) >= 11 is 0. The van der Waals surface area contributed by atoms with Crippen LogP contribution in [0.5, 0.6) is 0 Å². The second-order valence-corrected chi connectivity index (χ2v) is 3.46. The van der Waals surface area contributed by atoms with Crippen molar-refractivity contribution in [3.8, 4) is 0 Å². The van der Waals surface area contributed by atoms with Crippen LogP contribution in [0.4, 0.5) is 5.82 Å². The molecule has 0 radical (unpaired) electrons. The molecule has 0 N–H and O–H groups in total. The number of aromatic nitrogens is 2. The molecule has 0 atom stereocenters. The molecule has 13 heavy (non-hydrogen) atoms. The normalized spacial score (nSPS) is 18.3. The zero-order valence-corrected chi connectivity index (χ0v) is 7.82. The van der Waals surface area contributed by atoms with Gasteiger partial charge in [-0.2, -0.15) is 0 Å². The summed E-state index contributed by atoms with van der Waals surface area (Å²) in [5, 5.41) is 0. The molecule has 1 aliphatic rings. The van der Waals surface area contributed by atoms with E-state index in [1.165, 1.54) is 25.7 Å². The molecule has 1 saturated heterocycles. The maximum absolute atomic E-state index is 4.31. The molecule has 0 amide bonds. The summed E-state index contributed by atoms with van der Waals surface area (Å²) in [4.78, 5) is 10.7. The van der Waals surface area contributed by atoms with Gasteiger partial charge in [-0.05, 0) is 12.8 Å². The molecule has 1 aromatic heterocycles. The van der Waals surface area contributed by atoms with Crippen LogP contribution < -0.4 is 4.90 Å². The number of anilines is 1. The molecule has 2 rings (SSSR count). The van der Waals surface area contributed by atoms with E-state index in [-0.39, 0.29) is 0 Å². The summed E-state index contributed by atoms with van der Waals surface area (Å²) in [5.74, 6) is 1.03. The first-order valence-corrected chi connectivity index (χ1v) is 4.98. The van der Waals surface area contributed by atoms with Crippen LogP contribution in [0.2, 0.25) is 0 Å². The van der Waals surface area contributed by atoms with E-state index in [1.54, 1.807) is 12.4 Å². The van der Waals surface area contributed by atoms with Crippen LogP contribution in [0.25, 0.3) is 0 Å². The second kappa shape index (κ2) is 4.21. The van der Waals surface area contributed by atoms with E-state index in [1.807, 2.05) is 6.20 Å². The van der Waals surface area contributed by atoms with Crippen molar-refractivity contribution in [1.82, 2.24) is 9.97 Å². The van der Waals surface area contributed by atoms with Gasteiger partial charge in [-0.1, -0.05) is 12.8 Å². The van der Waals surface area contributed by atoms with E-state index < -0.39 is 0 Å². The molecular formula is C10H15N3. The number of rotatable bonds is 1. The Balaban J connectivity index is 2.06. The van der Waals surface area contributed by atoms with Gasteiger partial charge in [0.1, 0.15) is 5.82 Å². The SMILES string of the molecule is c1cnc(N2CCCCCC2)cn1. The Morgan fingerprint density at radius 2 is 1.77 bits per heavy atom. The summed E-state index contributed by atoms with van der Waals surface area (Å²) in [6, 6.07) is 0. The molecule has 0 aliphatic carbocycles. The number of nitrogens with zero attached hydrogens (tertiary/aromatic N) is 3. The van der Waals surface area contributed by atoms with E-state index in [0.29, 0.717) is 0 Å². The highest BCUT2D eigenvalue weighted by Crippen LogP contribution is 2.15. The third-order valence-corrected chi connectivity index (χ3v) is 2.48. The molecule has 0 unspecified atom stereocenters. The molecule has 0 saturated carbocycles. The largest absolute Gasteiger partial charge is 0.355 e. The molecule has 0 bridgehead atoms. The second-order valence-electron chi connectivity index (χ2n) is 3.46. The maximum Gasteiger partial charge on any atom is 0.147 e. The van der Waals surface area contributed by atoms with Crippen LogP contribution >= 0.6 is 0 Å². The fourth-order valence-electron chi connectivity index (χ4n) is 1.75. The van der Waals surface area contributed by atoms with Crippen LogP contribution in [0.3, 0.4) is 0 Å². The zero-order valence-electron chi connectivity index (χ0n) is 7.82. The van der Waals surface area contributed by atoms with Crippen molar-refractivity contribution in [2.24, 2.45) is 0 Å². The minimum atomic E-state index is 1.03. The molecule has 0 aromatic carbocycles. The summed E-state index contributed by atoms with van der Waals surface area (Å²) in [6.07, 6.45) is 10.6. The minimum absolute atomic E-state index is 1.03. The van der Waals surface area contributed by atoms with Crippen molar-refractivity contribution < 1.29 is 0 Å². The van der Waals surface area contributed by atoms with Gasteiger partial charge >= 0.3 is 0 Å². The summed E-state index contributed by atoms with van der Waals surface area (Å²) in [5.41, 5.74) is 0. The average Bonchev–Trinajstić information content (AvgIpc) is 2.47.